The molecule has 2 aromatic heterocycles. The van der Waals surface area contributed by atoms with Crippen LogP contribution in [0.2, 0.25) is 0 Å². The van der Waals surface area contributed by atoms with Gasteiger partial charge in [-0.3, -0.25) is 4.98 Å². The van der Waals surface area contributed by atoms with E-state index in [1.165, 1.54) is 29.1 Å². The first-order valence-electron chi connectivity index (χ1n) is 5.85. The summed E-state index contributed by atoms with van der Waals surface area (Å²) in [4.78, 5) is 3.77. The van der Waals surface area contributed by atoms with Crippen molar-refractivity contribution in [1.82, 2.24) is 14.8 Å². The van der Waals surface area contributed by atoms with Crippen molar-refractivity contribution in [2.75, 3.05) is 5.73 Å². The maximum Gasteiger partial charge on any atom is 0.142 e. The summed E-state index contributed by atoms with van der Waals surface area (Å²) in [5, 5.41) is 4.28. The number of nitrogens with zero attached hydrogens (tertiary/aromatic N) is 3. The molecule has 0 radical (unpaired) electrons. The van der Waals surface area contributed by atoms with Crippen LogP contribution in [-0.2, 0) is 0 Å². The predicted octanol–water partition coefficient (Wildman–Crippen LogP) is 2.79. The number of rotatable bonds is 2. The third kappa shape index (κ3) is 2.23. The van der Waals surface area contributed by atoms with Crippen molar-refractivity contribution in [1.29, 1.82) is 0 Å². The Hall–Kier alpha value is -2.76. The van der Waals surface area contributed by atoms with Crippen LogP contribution in [0.5, 0.6) is 0 Å². The van der Waals surface area contributed by atoms with E-state index in [2.05, 4.69) is 10.1 Å². The third-order valence-corrected chi connectivity index (χ3v) is 2.81. The molecule has 4 nitrogen and oxygen atoms in total. The van der Waals surface area contributed by atoms with Crippen molar-refractivity contribution in [3.63, 3.8) is 0 Å². The minimum Gasteiger partial charge on any atom is -0.396 e. The summed E-state index contributed by atoms with van der Waals surface area (Å²) in [7, 11) is 0. The molecule has 2 N–H and O–H groups in total. The average Bonchev–Trinajstić information content (AvgIpc) is 2.82. The minimum absolute atomic E-state index is 0.330. The van der Waals surface area contributed by atoms with Gasteiger partial charge in [0.15, 0.2) is 0 Å². The molecule has 0 amide bonds. The summed E-state index contributed by atoms with van der Waals surface area (Å²) in [5.74, 6) is -0.790. The number of nitrogens with two attached hydrogens (primary N) is 1. The van der Waals surface area contributed by atoms with Crippen molar-refractivity contribution in [2.24, 2.45) is 0 Å². The fourth-order valence-corrected chi connectivity index (χ4v) is 1.88. The Morgan fingerprint density at radius 2 is 1.75 bits per heavy atom. The molecular weight excluding hydrogens is 262 g/mol. The second-order valence-electron chi connectivity index (χ2n) is 4.25. The van der Waals surface area contributed by atoms with Gasteiger partial charge in [0, 0.05) is 11.8 Å². The van der Waals surface area contributed by atoms with Crippen LogP contribution in [0, 0.1) is 11.6 Å². The van der Waals surface area contributed by atoms with Crippen LogP contribution in [0.4, 0.5) is 14.5 Å². The Balaban J connectivity index is 2.05. The molecule has 0 unspecified atom stereocenters. The topological polar surface area (TPSA) is 56.7 Å². The summed E-state index contributed by atoms with van der Waals surface area (Å²) in [5.41, 5.74) is 7.86. The van der Waals surface area contributed by atoms with E-state index in [0.717, 1.165) is 6.20 Å². The standard InChI is InChI=1S/C14H10F2N4/c15-10-1-3-12(4-2-10)20-8-13(17)14(19-20)9-5-11(16)7-18-6-9/h1-8H,17H2. The van der Waals surface area contributed by atoms with Crippen molar-refractivity contribution < 1.29 is 8.78 Å². The Morgan fingerprint density at radius 3 is 2.45 bits per heavy atom. The maximum absolute atomic E-state index is 13.2. The normalized spacial score (nSPS) is 10.7. The SMILES string of the molecule is Nc1cn(-c2ccc(F)cc2)nc1-c1cncc(F)c1. The summed E-state index contributed by atoms with van der Waals surface area (Å²) in [6, 6.07) is 7.12. The summed E-state index contributed by atoms with van der Waals surface area (Å²) >= 11 is 0. The fourth-order valence-electron chi connectivity index (χ4n) is 1.88. The van der Waals surface area contributed by atoms with E-state index >= 15 is 0 Å². The molecule has 0 saturated carbocycles. The lowest BCUT2D eigenvalue weighted by Crippen LogP contribution is -1.95. The molecule has 0 aliphatic heterocycles. The number of nitrogen functional groups attached to an aromatic ring is 1. The molecule has 0 bridgehead atoms. The maximum atomic E-state index is 13.2. The molecule has 0 aliphatic rings. The average molecular weight is 272 g/mol. The van der Waals surface area contributed by atoms with Gasteiger partial charge in [0.05, 0.1) is 23.8 Å². The zero-order valence-electron chi connectivity index (χ0n) is 10.3. The molecule has 3 aromatic rings. The number of hydrogen-bond acceptors (Lipinski definition) is 3. The Kier molecular flexibility index (Phi) is 2.90. The van der Waals surface area contributed by atoms with Gasteiger partial charge in [-0.05, 0) is 30.3 Å². The molecular formula is C14H10F2N4. The van der Waals surface area contributed by atoms with Crippen LogP contribution < -0.4 is 5.73 Å². The molecule has 1 aromatic carbocycles. The van der Waals surface area contributed by atoms with Gasteiger partial charge < -0.3 is 5.73 Å². The minimum atomic E-state index is -0.460. The monoisotopic (exact) mass is 272 g/mol. The van der Waals surface area contributed by atoms with Crippen LogP contribution in [0.1, 0.15) is 0 Å². The van der Waals surface area contributed by atoms with Gasteiger partial charge in [-0.15, -0.1) is 0 Å². The number of hydrogen-bond donors (Lipinski definition) is 1. The van der Waals surface area contributed by atoms with Gasteiger partial charge in [-0.25, -0.2) is 13.5 Å². The molecule has 20 heavy (non-hydrogen) atoms. The van der Waals surface area contributed by atoms with Crippen molar-refractivity contribution in [2.45, 2.75) is 0 Å². The van der Waals surface area contributed by atoms with Crippen molar-refractivity contribution >= 4 is 5.69 Å². The Bertz CT molecular complexity index is 750. The fraction of sp³-hybridized carbons (Fsp3) is 0. The highest BCUT2D eigenvalue weighted by atomic mass is 19.1. The molecule has 100 valence electrons. The molecule has 3 rings (SSSR count). The highest BCUT2D eigenvalue weighted by Gasteiger charge is 2.11. The van der Waals surface area contributed by atoms with Crippen molar-refractivity contribution in [3.05, 3.63) is 60.6 Å². The second kappa shape index (κ2) is 4.73. The van der Waals surface area contributed by atoms with Crippen LogP contribution >= 0.6 is 0 Å². The molecule has 6 heteroatoms. The Labute approximate surface area is 113 Å². The van der Waals surface area contributed by atoms with Gasteiger partial charge in [0.2, 0.25) is 0 Å². The zero-order valence-corrected chi connectivity index (χ0v) is 10.3. The van der Waals surface area contributed by atoms with Gasteiger partial charge in [0.1, 0.15) is 17.3 Å². The molecule has 0 aliphatic carbocycles. The number of aromatic nitrogens is 3. The van der Waals surface area contributed by atoms with Crippen LogP contribution in [-0.4, -0.2) is 14.8 Å². The van der Waals surface area contributed by atoms with E-state index < -0.39 is 5.82 Å². The number of anilines is 1. The largest absolute Gasteiger partial charge is 0.396 e. The Morgan fingerprint density at radius 1 is 1.00 bits per heavy atom. The predicted molar refractivity (Wildman–Crippen MR) is 71.1 cm³/mol. The lowest BCUT2D eigenvalue weighted by Gasteiger charge is -2.00. The van der Waals surface area contributed by atoms with Gasteiger partial charge in [-0.1, -0.05) is 0 Å². The zero-order chi connectivity index (χ0) is 14.1. The van der Waals surface area contributed by atoms with Crippen LogP contribution in [0.25, 0.3) is 16.9 Å². The highest BCUT2D eigenvalue weighted by molar-refractivity contribution is 5.71. The van der Waals surface area contributed by atoms with Crippen LogP contribution in [0.15, 0.2) is 48.9 Å². The van der Waals surface area contributed by atoms with E-state index in [4.69, 9.17) is 5.73 Å². The summed E-state index contributed by atoms with van der Waals surface area (Å²) in [6.45, 7) is 0. The van der Waals surface area contributed by atoms with E-state index in [-0.39, 0.29) is 5.82 Å². The van der Waals surface area contributed by atoms with E-state index in [0.29, 0.717) is 22.6 Å². The second-order valence-corrected chi connectivity index (χ2v) is 4.25. The van der Waals surface area contributed by atoms with E-state index in [1.54, 1.807) is 18.3 Å². The lowest BCUT2D eigenvalue weighted by atomic mass is 10.2. The van der Waals surface area contributed by atoms with E-state index in [9.17, 15) is 8.78 Å². The van der Waals surface area contributed by atoms with Crippen LogP contribution in [0.3, 0.4) is 0 Å². The molecule has 0 spiro atoms. The van der Waals surface area contributed by atoms with Gasteiger partial charge in [-0.2, -0.15) is 5.10 Å². The molecule has 2 heterocycles. The number of halogens is 2. The summed E-state index contributed by atoms with van der Waals surface area (Å²) < 4.78 is 27.6. The molecule has 0 fully saturated rings. The molecule has 0 saturated heterocycles. The van der Waals surface area contributed by atoms with Gasteiger partial charge >= 0.3 is 0 Å². The van der Waals surface area contributed by atoms with Crippen molar-refractivity contribution in [3.8, 4) is 16.9 Å². The molecule has 0 atom stereocenters. The first kappa shape index (κ1) is 12.3. The quantitative estimate of drug-likeness (QED) is 0.780. The van der Waals surface area contributed by atoms with E-state index in [1.807, 2.05) is 0 Å². The first-order valence-corrected chi connectivity index (χ1v) is 5.85. The number of pyridine rings is 1. The first-order chi connectivity index (χ1) is 9.63. The van der Waals surface area contributed by atoms with Gasteiger partial charge in [0.25, 0.3) is 0 Å². The number of benzene rings is 1. The third-order valence-electron chi connectivity index (χ3n) is 2.81. The smallest absolute Gasteiger partial charge is 0.142 e. The summed E-state index contributed by atoms with van der Waals surface area (Å²) in [6.07, 6.45) is 4.18. The highest BCUT2D eigenvalue weighted by Crippen LogP contribution is 2.25. The lowest BCUT2D eigenvalue weighted by molar-refractivity contribution is 0.622.